The molecule has 0 amide bonds. The summed E-state index contributed by atoms with van der Waals surface area (Å²) < 4.78 is 22.3. The molecule has 4 rings (SSSR count). The summed E-state index contributed by atoms with van der Waals surface area (Å²) in [4.78, 5) is 50.6. The van der Waals surface area contributed by atoms with Gasteiger partial charge in [-0.1, -0.05) is 78.1 Å². The number of esters is 2. The van der Waals surface area contributed by atoms with Crippen LogP contribution in [0.1, 0.15) is 112 Å². The fourth-order valence-electron chi connectivity index (χ4n) is 5.34. The van der Waals surface area contributed by atoms with Gasteiger partial charge in [0, 0.05) is 0 Å². The Morgan fingerprint density at radius 3 is 1.19 bits per heavy atom. The molecule has 284 valence electrons. The van der Waals surface area contributed by atoms with Crippen molar-refractivity contribution in [1.29, 1.82) is 0 Å². The Balaban J connectivity index is 1.25. The molecule has 4 aromatic rings. The summed E-state index contributed by atoms with van der Waals surface area (Å²) in [6, 6.07) is 24.4. The van der Waals surface area contributed by atoms with E-state index in [2.05, 4.69) is 24.1 Å². The van der Waals surface area contributed by atoms with Crippen molar-refractivity contribution in [3.05, 3.63) is 129 Å². The van der Waals surface area contributed by atoms with Gasteiger partial charge in [0.25, 0.3) is 0 Å². The van der Waals surface area contributed by atoms with Crippen LogP contribution in [-0.4, -0.2) is 25.2 Å². The molecule has 0 aliphatic heterocycles. The van der Waals surface area contributed by atoms with E-state index in [1.165, 1.54) is 99.9 Å². The minimum absolute atomic E-state index is 0.102. The summed E-state index contributed by atoms with van der Waals surface area (Å²) in [5.41, 5.74) is 0.510. The van der Waals surface area contributed by atoms with Crippen LogP contribution in [0.25, 0.3) is 0 Å². The van der Waals surface area contributed by atoms with Crippen molar-refractivity contribution in [2.24, 2.45) is 10.2 Å². The first-order valence-corrected chi connectivity index (χ1v) is 19.0. The number of azo groups is 1. The molecule has 0 saturated heterocycles. The molecule has 0 aromatic heterocycles. The zero-order valence-corrected chi connectivity index (χ0v) is 31.3. The summed E-state index contributed by atoms with van der Waals surface area (Å²) >= 11 is 0. The molecule has 54 heavy (non-hydrogen) atoms. The number of rotatable bonds is 22. The number of hydrogen-bond acceptors (Lipinski definition) is 10. The third kappa shape index (κ3) is 14.4. The Labute approximate surface area is 317 Å². The molecule has 0 radical (unpaired) electrons. The average molecular weight is 735 g/mol. The lowest BCUT2D eigenvalue weighted by molar-refractivity contribution is 0.0723. The van der Waals surface area contributed by atoms with E-state index < -0.39 is 22.8 Å². The van der Waals surface area contributed by atoms with E-state index in [-0.39, 0.29) is 22.6 Å². The van der Waals surface area contributed by atoms with Crippen molar-refractivity contribution in [1.82, 2.24) is 0 Å². The first-order chi connectivity index (χ1) is 26.4. The minimum atomic E-state index is -0.690. The molecule has 0 saturated carbocycles. The maximum Gasteiger partial charge on any atom is 0.343 e. The van der Waals surface area contributed by atoms with Crippen LogP contribution < -0.4 is 29.8 Å². The van der Waals surface area contributed by atoms with Gasteiger partial charge in [-0.05, 0) is 110 Å². The van der Waals surface area contributed by atoms with Gasteiger partial charge < -0.3 is 18.9 Å². The second-order valence-corrected chi connectivity index (χ2v) is 12.9. The van der Waals surface area contributed by atoms with Crippen LogP contribution >= 0.6 is 0 Å². The zero-order valence-electron chi connectivity index (χ0n) is 31.3. The lowest BCUT2D eigenvalue weighted by atomic mass is 10.1. The fourth-order valence-corrected chi connectivity index (χ4v) is 5.34. The number of carbonyl (C=O) groups excluding carboxylic acids is 2. The van der Waals surface area contributed by atoms with Gasteiger partial charge in [0.2, 0.25) is 10.9 Å². The standard InChI is InChI=1S/C44H50N2O8/c1-3-5-7-9-11-13-31-51-37-23-27-39(47)41(29-25-37)53-43(49)33-15-19-35(20-16-33)45-46-36-21-17-34(18-22-36)44(50)54-42-30-26-38(24-28-40(42)48)52-32-14-12-10-8-6-4-2/h15-30H,3-14,31-32H2,1-2H3. The molecule has 0 fully saturated rings. The van der Waals surface area contributed by atoms with Crippen LogP contribution in [-0.2, 0) is 0 Å². The predicted octanol–water partition coefficient (Wildman–Crippen LogP) is 10.7. The van der Waals surface area contributed by atoms with Gasteiger partial charge in [-0.25, -0.2) is 9.59 Å². The van der Waals surface area contributed by atoms with Crippen LogP contribution in [0.2, 0.25) is 0 Å². The van der Waals surface area contributed by atoms with E-state index in [1.807, 2.05) is 0 Å². The van der Waals surface area contributed by atoms with Crippen molar-refractivity contribution < 1.29 is 28.5 Å². The van der Waals surface area contributed by atoms with Gasteiger partial charge in [0.15, 0.2) is 11.5 Å². The van der Waals surface area contributed by atoms with E-state index in [0.29, 0.717) is 36.1 Å². The van der Waals surface area contributed by atoms with E-state index in [0.717, 1.165) is 25.7 Å². The summed E-state index contributed by atoms with van der Waals surface area (Å²) in [5.74, 6) is -0.521. The smallest absolute Gasteiger partial charge is 0.343 e. The lowest BCUT2D eigenvalue weighted by Gasteiger charge is -2.04. The highest BCUT2D eigenvalue weighted by molar-refractivity contribution is 5.92. The van der Waals surface area contributed by atoms with Gasteiger partial charge >= 0.3 is 11.9 Å². The van der Waals surface area contributed by atoms with Gasteiger partial charge in [-0.2, -0.15) is 10.2 Å². The van der Waals surface area contributed by atoms with Gasteiger partial charge in [0.05, 0.1) is 35.7 Å². The normalized spacial score (nSPS) is 10.9. The highest BCUT2D eigenvalue weighted by Gasteiger charge is 2.12. The van der Waals surface area contributed by atoms with Crippen molar-refractivity contribution in [2.45, 2.75) is 90.9 Å². The number of benzene rings is 2. The topological polar surface area (TPSA) is 130 Å². The second kappa shape index (κ2) is 23.1. The Morgan fingerprint density at radius 2 is 0.796 bits per heavy atom. The minimum Gasteiger partial charge on any atom is -0.494 e. The van der Waals surface area contributed by atoms with Crippen LogP contribution in [0, 0.1) is 0 Å². The quantitative estimate of drug-likeness (QED) is 0.0443. The van der Waals surface area contributed by atoms with Crippen LogP contribution in [0.3, 0.4) is 0 Å². The zero-order chi connectivity index (χ0) is 38.4. The maximum atomic E-state index is 12.8. The number of carbonyl (C=O) groups is 2. The SMILES string of the molecule is CCCCCCCCOc1ccc(OC(=O)c2ccc(N=Nc3ccc(C(=O)Oc4ccc(OCCCCCCCC)ccc4=O)cc3)cc2)c(=O)cc1. The van der Waals surface area contributed by atoms with E-state index in [9.17, 15) is 19.2 Å². The van der Waals surface area contributed by atoms with Gasteiger partial charge in [-0.3, -0.25) is 9.59 Å². The lowest BCUT2D eigenvalue weighted by Crippen LogP contribution is -2.13. The Morgan fingerprint density at radius 1 is 0.444 bits per heavy atom. The maximum absolute atomic E-state index is 12.8. The van der Waals surface area contributed by atoms with E-state index in [1.54, 1.807) is 48.5 Å². The Bertz CT molecular complexity index is 1790. The van der Waals surface area contributed by atoms with E-state index in [4.69, 9.17) is 18.9 Å². The molecular formula is C44H50N2O8. The van der Waals surface area contributed by atoms with Crippen LogP contribution in [0.4, 0.5) is 11.4 Å². The molecule has 0 spiro atoms. The fraction of sp³-hybridized carbons (Fsp3) is 0.364. The molecule has 0 heterocycles. The van der Waals surface area contributed by atoms with Crippen LogP contribution in [0.5, 0.6) is 23.0 Å². The highest BCUT2D eigenvalue weighted by atomic mass is 16.5. The molecule has 10 nitrogen and oxygen atoms in total. The second-order valence-electron chi connectivity index (χ2n) is 12.9. The summed E-state index contributed by atoms with van der Waals surface area (Å²) in [6.07, 6.45) is 13.8. The molecular weight excluding hydrogens is 684 g/mol. The molecule has 0 aliphatic rings. The third-order valence-corrected chi connectivity index (χ3v) is 8.51. The first-order valence-electron chi connectivity index (χ1n) is 19.0. The Kier molecular flexibility index (Phi) is 17.6. The van der Waals surface area contributed by atoms with Crippen molar-refractivity contribution >= 4 is 23.3 Å². The third-order valence-electron chi connectivity index (χ3n) is 8.51. The Hall–Kier alpha value is -5.64. The average Bonchev–Trinajstić information content (AvgIpc) is 3.47. The molecule has 0 unspecified atom stereocenters. The van der Waals surface area contributed by atoms with Gasteiger partial charge in [0.1, 0.15) is 11.5 Å². The monoisotopic (exact) mass is 734 g/mol. The highest BCUT2D eigenvalue weighted by Crippen LogP contribution is 2.21. The summed E-state index contributed by atoms with van der Waals surface area (Å²) in [7, 11) is 0. The number of hydrogen-bond donors (Lipinski definition) is 0. The summed E-state index contributed by atoms with van der Waals surface area (Å²) in [6.45, 7) is 5.48. The molecule has 0 aliphatic carbocycles. The number of unbranched alkanes of at least 4 members (excludes halogenated alkanes) is 10. The van der Waals surface area contributed by atoms with Crippen molar-refractivity contribution in [2.75, 3.05) is 13.2 Å². The molecule has 10 heteroatoms. The molecule has 0 bridgehead atoms. The van der Waals surface area contributed by atoms with Gasteiger partial charge in [-0.15, -0.1) is 0 Å². The molecule has 0 atom stereocenters. The number of nitrogens with zero attached hydrogens (tertiary/aromatic N) is 2. The molecule has 4 aromatic carbocycles. The predicted molar refractivity (Wildman–Crippen MR) is 210 cm³/mol. The first kappa shape index (κ1) is 41.1. The van der Waals surface area contributed by atoms with E-state index >= 15 is 0 Å². The largest absolute Gasteiger partial charge is 0.494 e. The van der Waals surface area contributed by atoms with Crippen molar-refractivity contribution in [3.63, 3.8) is 0 Å². The molecule has 0 N–H and O–H groups in total. The number of ether oxygens (including phenoxy) is 4. The van der Waals surface area contributed by atoms with Crippen molar-refractivity contribution in [3.8, 4) is 23.0 Å². The van der Waals surface area contributed by atoms with Crippen LogP contribution in [0.15, 0.2) is 117 Å². The summed E-state index contributed by atoms with van der Waals surface area (Å²) in [5, 5.41) is 8.39.